The predicted molar refractivity (Wildman–Crippen MR) is 100 cm³/mol. The Balaban J connectivity index is 0.00000182. The number of aromatic nitrogens is 2. The number of halogens is 1. The lowest BCUT2D eigenvalue weighted by Gasteiger charge is -2.44. The largest absolute Gasteiger partial charge is 0.339 e. The lowest BCUT2D eigenvalue weighted by molar-refractivity contribution is 0.0495. The second kappa shape index (κ2) is 7.58. The van der Waals surface area contributed by atoms with Gasteiger partial charge in [0, 0.05) is 19.3 Å². The molecule has 2 saturated heterocycles. The second-order valence-corrected chi connectivity index (χ2v) is 7.05. The zero-order chi connectivity index (χ0) is 16.4. The number of likely N-dealkylation sites (tertiary alicyclic amines) is 1. The van der Waals surface area contributed by atoms with E-state index >= 15 is 0 Å². The summed E-state index contributed by atoms with van der Waals surface area (Å²) in [5, 5.41) is 7.79. The number of hydrogen-bond acceptors (Lipinski definition) is 3. The predicted octanol–water partition coefficient (Wildman–Crippen LogP) is 2.90. The van der Waals surface area contributed by atoms with Gasteiger partial charge < -0.3 is 10.2 Å². The monoisotopic (exact) mass is 360 g/mol. The quantitative estimate of drug-likeness (QED) is 0.895. The van der Waals surface area contributed by atoms with Crippen molar-refractivity contribution in [1.82, 2.24) is 20.0 Å². The lowest BCUT2D eigenvalue weighted by atomic mass is 9.71. The molecule has 2 aromatic rings. The number of piperidine rings is 2. The van der Waals surface area contributed by atoms with Crippen LogP contribution in [0.25, 0.3) is 5.69 Å². The first-order chi connectivity index (χ1) is 11.8. The minimum absolute atomic E-state index is 0. The number of para-hydroxylation sites is 1. The summed E-state index contributed by atoms with van der Waals surface area (Å²) in [6, 6.07) is 9.90. The number of benzene rings is 1. The van der Waals surface area contributed by atoms with E-state index < -0.39 is 0 Å². The van der Waals surface area contributed by atoms with Gasteiger partial charge in [0.05, 0.1) is 17.4 Å². The van der Waals surface area contributed by atoms with E-state index in [0.717, 1.165) is 44.7 Å². The number of carbonyl (C=O) groups excluding carboxylic acids is 1. The number of rotatable bonds is 2. The summed E-state index contributed by atoms with van der Waals surface area (Å²) in [4.78, 5) is 14.8. The zero-order valence-corrected chi connectivity index (χ0v) is 15.2. The molecule has 3 heterocycles. The molecule has 1 aromatic heterocycles. The van der Waals surface area contributed by atoms with Gasteiger partial charge in [-0.25, -0.2) is 4.68 Å². The summed E-state index contributed by atoms with van der Waals surface area (Å²) in [5.41, 5.74) is 2.12. The molecule has 0 unspecified atom stereocenters. The molecule has 134 valence electrons. The first-order valence-corrected chi connectivity index (χ1v) is 8.86. The molecule has 4 rings (SSSR count). The topological polar surface area (TPSA) is 50.2 Å². The van der Waals surface area contributed by atoms with Gasteiger partial charge in [-0.1, -0.05) is 18.2 Å². The van der Waals surface area contributed by atoms with E-state index in [1.165, 1.54) is 12.8 Å². The van der Waals surface area contributed by atoms with Crippen LogP contribution >= 0.6 is 12.4 Å². The number of amides is 1. The van der Waals surface area contributed by atoms with Gasteiger partial charge in [0.2, 0.25) is 0 Å². The molecule has 2 fully saturated rings. The van der Waals surface area contributed by atoms with Crippen LogP contribution < -0.4 is 5.32 Å². The molecular formula is C19H25ClN4O. The van der Waals surface area contributed by atoms with Gasteiger partial charge in [-0.05, 0) is 56.3 Å². The summed E-state index contributed by atoms with van der Waals surface area (Å²) in [7, 11) is 0. The Kier molecular flexibility index (Phi) is 5.45. The lowest BCUT2D eigenvalue weighted by Crippen LogP contribution is -2.47. The van der Waals surface area contributed by atoms with Crippen LogP contribution in [0.3, 0.4) is 0 Å². The van der Waals surface area contributed by atoms with Crippen LogP contribution in [0.2, 0.25) is 0 Å². The van der Waals surface area contributed by atoms with Crippen LogP contribution in [0.5, 0.6) is 0 Å². The molecule has 0 bridgehead atoms. The summed E-state index contributed by atoms with van der Waals surface area (Å²) in [5.74, 6) is 0.112. The number of nitrogens with zero attached hydrogens (tertiary/aromatic N) is 3. The minimum atomic E-state index is 0. The fraction of sp³-hybridized carbons (Fsp3) is 0.474. The normalized spacial score (nSPS) is 19.4. The van der Waals surface area contributed by atoms with Crippen LogP contribution in [0.15, 0.2) is 42.7 Å². The molecule has 1 amide bonds. The molecule has 25 heavy (non-hydrogen) atoms. The van der Waals surface area contributed by atoms with Gasteiger partial charge >= 0.3 is 0 Å². The van der Waals surface area contributed by atoms with E-state index in [0.29, 0.717) is 11.0 Å². The molecule has 2 aliphatic rings. The van der Waals surface area contributed by atoms with Crippen molar-refractivity contribution >= 4 is 18.3 Å². The maximum absolute atomic E-state index is 12.8. The highest BCUT2D eigenvalue weighted by Crippen LogP contribution is 2.39. The number of hydrogen-bond donors (Lipinski definition) is 1. The zero-order valence-electron chi connectivity index (χ0n) is 14.4. The van der Waals surface area contributed by atoms with Gasteiger partial charge in [-0.3, -0.25) is 4.79 Å². The van der Waals surface area contributed by atoms with Gasteiger partial charge in [-0.15, -0.1) is 12.4 Å². The minimum Gasteiger partial charge on any atom is -0.339 e. The first kappa shape index (κ1) is 18.0. The SMILES string of the molecule is Cl.O=C(c1cnn(-c2ccccc2)c1)N1CCC2(CCNCC2)CC1. The van der Waals surface area contributed by atoms with Crippen molar-refractivity contribution in [1.29, 1.82) is 0 Å². The molecule has 2 aliphatic heterocycles. The molecule has 6 heteroatoms. The van der Waals surface area contributed by atoms with Crippen molar-refractivity contribution < 1.29 is 4.79 Å². The Morgan fingerprint density at radius 3 is 2.40 bits per heavy atom. The molecule has 1 aromatic carbocycles. The van der Waals surface area contributed by atoms with Gasteiger partial charge in [0.15, 0.2) is 0 Å². The molecule has 0 aliphatic carbocycles. The van der Waals surface area contributed by atoms with E-state index in [-0.39, 0.29) is 18.3 Å². The highest BCUT2D eigenvalue weighted by molar-refractivity contribution is 5.93. The molecule has 1 N–H and O–H groups in total. The maximum atomic E-state index is 12.8. The van der Waals surface area contributed by atoms with E-state index in [9.17, 15) is 4.79 Å². The highest BCUT2D eigenvalue weighted by Gasteiger charge is 2.36. The van der Waals surface area contributed by atoms with Crippen LogP contribution in [-0.2, 0) is 0 Å². The number of carbonyl (C=O) groups is 1. The van der Waals surface area contributed by atoms with Crippen molar-refractivity contribution in [2.24, 2.45) is 5.41 Å². The molecule has 0 atom stereocenters. The van der Waals surface area contributed by atoms with E-state index in [1.807, 2.05) is 41.4 Å². The van der Waals surface area contributed by atoms with Crippen molar-refractivity contribution in [3.63, 3.8) is 0 Å². The highest BCUT2D eigenvalue weighted by atomic mass is 35.5. The third-order valence-corrected chi connectivity index (χ3v) is 5.63. The Labute approximate surface area is 154 Å². The summed E-state index contributed by atoms with van der Waals surface area (Å²) < 4.78 is 1.77. The Hall–Kier alpha value is -1.85. The summed E-state index contributed by atoms with van der Waals surface area (Å²) in [6.45, 7) is 3.99. The van der Waals surface area contributed by atoms with Gasteiger partial charge in [0.25, 0.3) is 5.91 Å². The van der Waals surface area contributed by atoms with Gasteiger partial charge in [-0.2, -0.15) is 5.10 Å². The standard InChI is InChI=1S/C19H24N4O.ClH/c24-18(16-14-21-23(15-16)17-4-2-1-3-5-17)22-12-8-19(9-13-22)6-10-20-11-7-19;/h1-5,14-15,20H,6-13H2;1H. The Bertz CT molecular complexity index is 699. The molecule has 1 spiro atoms. The van der Waals surface area contributed by atoms with Crippen molar-refractivity contribution in [3.05, 3.63) is 48.3 Å². The fourth-order valence-corrected chi connectivity index (χ4v) is 3.98. The number of nitrogens with one attached hydrogen (secondary N) is 1. The Morgan fingerprint density at radius 2 is 1.72 bits per heavy atom. The van der Waals surface area contributed by atoms with E-state index in [4.69, 9.17) is 0 Å². The molecular weight excluding hydrogens is 336 g/mol. The Morgan fingerprint density at radius 1 is 1.04 bits per heavy atom. The maximum Gasteiger partial charge on any atom is 0.257 e. The summed E-state index contributed by atoms with van der Waals surface area (Å²) >= 11 is 0. The smallest absolute Gasteiger partial charge is 0.257 e. The van der Waals surface area contributed by atoms with Crippen molar-refractivity contribution in [2.45, 2.75) is 25.7 Å². The van der Waals surface area contributed by atoms with Crippen LogP contribution in [0.4, 0.5) is 0 Å². The van der Waals surface area contributed by atoms with Gasteiger partial charge in [0.1, 0.15) is 0 Å². The van der Waals surface area contributed by atoms with Crippen LogP contribution in [0, 0.1) is 5.41 Å². The third-order valence-electron chi connectivity index (χ3n) is 5.63. The van der Waals surface area contributed by atoms with E-state index in [2.05, 4.69) is 10.4 Å². The third kappa shape index (κ3) is 3.72. The molecule has 0 saturated carbocycles. The fourth-order valence-electron chi connectivity index (χ4n) is 3.98. The van der Waals surface area contributed by atoms with Crippen LogP contribution in [-0.4, -0.2) is 46.8 Å². The van der Waals surface area contributed by atoms with E-state index in [1.54, 1.807) is 10.9 Å². The average molecular weight is 361 g/mol. The molecule has 5 nitrogen and oxygen atoms in total. The van der Waals surface area contributed by atoms with Crippen molar-refractivity contribution in [3.8, 4) is 5.69 Å². The van der Waals surface area contributed by atoms with Crippen LogP contribution in [0.1, 0.15) is 36.0 Å². The summed E-state index contributed by atoms with van der Waals surface area (Å²) in [6.07, 6.45) is 8.29. The first-order valence-electron chi connectivity index (χ1n) is 8.86. The second-order valence-electron chi connectivity index (χ2n) is 7.05. The van der Waals surface area contributed by atoms with Crippen molar-refractivity contribution in [2.75, 3.05) is 26.2 Å². The molecule has 0 radical (unpaired) electrons. The average Bonchev–Trinajstić information content (AvgIpc) is 3.13.